The van der Waals surface area contributed by atoms with E-state index in [1.54, 1.807) is 0 Å². The third-order valence-electron chi connectivity index (χ3n) is 4.28. The first-order chi connectivity index (χ1) is 12.0. The van der Waals surface area contributed by atoms with Gasteiger partial charge in [0.2, 0.25) is 0 Å². The third-order valence-corrected chi connectivity index (χ3v) is 6.49. The molecule has 1 fully saturated rings. The van der Waals surface area contributed by atoms with Gasteiger partial charge in [0.25, 0.3) is 5.91 Å². The van der Waals surface area contributed by atoms with Crippen LogP contribution in [-0.4, -0.2) is 16.6 Å². The number of hydrogen-bond acceptors (Lipinski definition) is 3. The van der Waals surface area contributed by atoms with Gasteiger partial charge in [-0.1, -0.05) is 46.8 Å². The zero-order chi connectivity index (χ0) is 17.8. The SMILES string of the molecule is C=C1CC[C@@H](Oc2ccc(C3CC(=O)N[S+]3[O-])cc2)C/C=C\C=C1Br. The van der Waals surface area contributed by atoms with Gasteiger partial charge in [-0.15, -0.1) is 0 Å². The highest BCUT2D eigenvalue weighted by atomic mass is 79.9. The Morgan fingerprint density at radius 1 is 1.32 bits per heavy atom. The van der Waals surface area contributed by atoms with Crippen LogP contribution in [0.1, 0.15) is 36.5 Å². The van der Waals surface area contributed by atoms with E-state index >= 15 is 0 Å². The van der Waals surface area contributed by atoms with Gasteiger partial charge in [-0.2, -0.15) is 4.72 Å². The molecule has 1 aliphatic heterocycles. The number of benzene rings is 1. The summed E-state index contributed by atoms with van der Waals surface area (Å²) in [4.78, 5) is 11.4. The molecule has 2 aliphatic rings. The van der Waals surface area contributed by atoms with Gasteiger partial charge >= 0.3 is 0 Å². The summed E-state index contributed by atoms with van der Waals surface area (Å²) in [5.74, 6) is 0.614. The Morgan fingerprint density at radius 2 is 2.08 bits per heavy atom. The number of carbonyl (C=O) groups excluding carboxylic acids is 1. The lowest BCUT2D eigenvalue weighted by atomic mass is 10.1. The van der Waals surface area contributed by atoms with Gasteiger partial charge in [0.15, 0.2) is 5.25 Å². The van der Waals surface area contributed by atoms with Crippen molar-refractivity contribution in [1.82, 2.24) is 4.72 Å². The highest BCUT2D eigenvalue weighted by molar-refractivity contribution is 9.12. The number of nitrogens with one attached hydrogen (secondary N) is 1. The minimum atomic E-state index is -1.34. The third kappa shape index (κ3) is 4.77. The van der Waals surface area contributed by atoms with Crippen molar-refractivity contribution < 1.29 is 14.1 Å². The molecule has 1 heterocycles. The van der Waals surface area contributed by atoms with E-state index < -0.39 is 11.4 Å². The number of amides is 1. The predicted molar refractivity (Wildman–Crippen MR) is 104 cm³/mol. The smallest absolute Gasteiger partial charge is 0.266 e. The van der Waals surface area contributed by atoms with E-state index in [9.17, 15) is 9.35 Å². The Bertz CT molecular complexity index is 714. The van der Waals surface area contributed by atoms with Crippen LogP contribution in [0.5, 0.6) is 5.75 Å². The van der Waals surface area contributed by atoms with Crippen molar-refractivity contribution in [3.63, 3.8) is 0 Å². The molecule has 2 unspecified atom stereocenters. The lowest BCUT2D eigenvalue weighted by Crippen LogP contribution is -2.21. The van der Waals surface area contributed by atoms with Crippen molar-refractivity contribution in [3.05, 3.63) is 64.7 Å². The molecular formula is C19H20BrNO3S. The standard InChI is InChI=1S/C19H20BrNO3S/c1-13-6-9-15(4-2-3-5-17(13)20)24-16-10-7-14(8-11-16)18-12-19(22)21-25(18)23/h2-3,5,7-8,10-11,15,18H,1,4,6,9,12H2,(H,21,22)/b3-2-,17-5?/t15-,18?,25?/m0/s1. The largest absolute Gasteiger partial charge is 0.593 e. The highest BCUT2D eigenvalue weighted by Gasteiger charge is 2.36. The van der Waals surface area contributed by atoms with Crippen LogP contribution in [0.3, 0.4) is 0 Å². The number of hydrogen-bond donors (Lipinski definition) is 1. The van der Waals surface area contributed by atoms with Gasteiger partial charge in [0, 0.05) is 16.5 Å². The van der Waals surface area contributed by atoms with Gasteiger partial charge in [-0.05, 0) is 36.6 Å². The predicted octanol–water partition coefficient (Wildman–Crippen LogP) is 4.23. The second-order valence-electron chi connectivity index (χ2n) is 6.14. The molecule has 1 N–H and O–H groups in total. The molecule has 1 aromatic rings. The van der Waals surface area contributed by atoms with E-state index in [0.29, 0.717) is 0 Å². The van der Waals surface area contributed by atoms with Crippen molar-refractivity contribution in [2.45, 2.75) is 37.0 Å². The lowest BCUT2D eigenvalue weighted by molar-refractivity contribution is -0.118. The Labute approximate surface area is 159 Å². The number of carbonyl (C=O) groups is 1. The molecule has 1 saturated heterocycles. The molecule has 0 spiro atoms. The molecule has 1 aromatic carbocycles. The summed E-state index contributed by atoms with van der Waals surface area (Å²) < 4.78 is 21.5. The molecule has 1 aliphatic carbocycles. The van der Waals surface area contributed by atoms with E-state index in [1.807, 2.05) is 36.4 Å². The molecule has 3 atom stereocenters. The van der Waals surface area contributed by atoms with Crippen molar-refractivity contribution in [1.29, 1.82) is 0 Å². The number of halogens is 1. The lowest BCUT2D eigenvalue weighted by Gasteiger charge is -2.18. The quantitative estimate of drug-likeness (QED) is 0.742. The first kappa shape index (κ1) is 18.3. The van der Waals surface area contributed by atoms with E-state index in [1.165, 1.54) is 0 Å². The minimum absolute atomic E-state index is 0.0782. The molecule has 6 heteroatoms. The maximum absolute atomic E-state index is 11.9. The fraction of sp³-hybridized carbons (Fsp3) is 0.316. The summed E-state index contributed by atoms with van der Waals surface area (Å²) >= 11 is 2.19. The first-order valence-corrected chi connectivity index (χ1v) is 10.2. The average molecular weight is 422 g/mol. The number of ether oxygens (including phenoxy) is 1. The van der Waals surface area contributed by atoms with Crippen molar-refractivity contribution in [3.8, 4) is 5.75 Å². The van der Waals surface area contributed by atoms with Crippen molar-refractivity contribution >= 4 is 33.2 Å². The van der Waals surface area contributed by atoms with Crippen LogP contribution in [-0.2, 0) is 16.2 Å². The van der Waals surface area contributed by atoms with Crippen LogP contribution in [0.25, 0.3) is 0 Å². The zero-order valence-corrected chi connectivity index (χ0v) is 16.1. The summed E-state index contributed by atoms with van der Waals surface area (Å²) in [5, 5.41) is -0.277. The van der Waals surface area contributed by atoms with Gasteiger partial charge in [0.05, 0.1) is 17.8 Å². The molecule has 0 saturated carbocycles. The van der Waals surface area contributed by atoms with Gasteiger partial charge < -0.3 is 9.29 Å². The molecule has 3 rings (SSSR count). The van der Waals surface area contributed by atoms with E-state index in [-0.39, 0.29) is 23.7 Å². The Hall–Kier alpha value is -1.50. The molecule has 0 aromatic heterocycles. The highest BCUT2D eigenvalue weighted by Crippen LogP contribution is 2.31. The van der Waals surface area contributed by atoms with Crippen molar-refractivity contribution in [2.75, 3.05) is 0 Å². The van der Waals surface area contributed by atoms with Gasteiger partial charge in [0.1, 0.15) is 11.9 Å². The fourth-order valence-corrected chi connectivity index (χ4v) is 4.35. The molecule has 132 valence electrons. The summed E-state index contributed by atoms with van der Waals surface area (Å²) in [5.41, 5.74) is 1.95. The van der Waals surface area contributed by atoms with Gasteiger partial charge in [-0.3, -0.25) is 4.79 Å². The topological polar surface area (TPSA) is 61.4 Å². The minimum Gasteiger partial charge on any atom is -0.593 e. The normalized spacial score (nSPS) is 28.4. The van der Waals surface area contributed by atoms with Crippen LogP contribution in [0.15, 0.2) is 59.1 Å². The van der Waals surface area contributed by atoms with Crippen LogP contribution < -0.4 is 9.46 Å². The zero-order valence-electron chi connectivity index (χ0n) is 13.7. The molecule has 25 heavy (non-hydrogen) atoms. The van der Waals surface area contributed by atoms with E-state index in [2.05, 4.69) is 33.3 Å². The summed E-state index contributed by atoms with van der Waals surface area (Å²) in [6.07, 6.45) is 9.05. The first-order valence-electron chi connectivity index (χ1n) is 8.20. The van der Waals surface area contributed by atoms with E-state index in [4.69, 9.17) is 4.74 Å². The Balaban J connectivity index is 1.63. The van der Waals surface area contributed by atoms with E-state index in [0.717, 1.165) is 40.6 Å². The summed E-state index contributed by atoms with van der Waals surface area (Å²) in [6.45, 7) is 4.08. The maximum Gasteiger partial charge on any atom is 0.266 e. The molecular weight excluding hydrogens is 402 g/mol. The monoisotopic (exact) mass is 421 g/mol. The number of allylic oxidation sites excluding steroid dienone is 4. The van der Waals surface area contributed by atoms with Gasteiger partial charge in [-0.25, -0.2) is 0 Å². The second-order valence-corrected chi connectivity index (χ2v) is 8.37. The summed E-state index contributed by atoms with van der Waals surface area (Å²) in [7, 11) is 0. The molecule has 4 nitrogen and oxygen atoms in total. The summed E-state index contributed by atoms with van der Waals surface area (Å²) in [6, 6.07) is 7.55. The average Bonchev–Trinajstić information content (AvgIpc) is 2.96. The van der Waals surface area contributed by atoms with Crippen molar-refractivity contribution in [2.24, 2.45) is 0 Å². The fourth-order valence-electron chi connectivity index (χ4n) is 2.84. The van der Waals surface area contributed by atoms with Crippen LogP contribution in [0.2, 0.25) is 0 Å². The Morgan fingerprint density at radius 3 is 2.76 bits per heavy atom. The second kappa shape index (κ2) is 8.25. The van der Waals surface area contributed by atoms with Crippen LogP contribution in [0, 0.1) is 0 Å². The Kier molecular flexibility index (Phi) is 6.04. The van der Waals surface area contributed by atoms with Crippen LogP contribution >= 0.6 is 15.9 Å². The number of rotatable bonds is 3. The molecule has 1 amide bonds. The molecule has 0 radical (unpaired) electrons. The molecule has 0 bridgehead atoms. The maximum atomic E-state index is 11.9. The van der Waals surface area contributed by atoms with Crippen LogP contribution in [0.4, 0.5) is 0 Å².